The highest BCUT2D eigenvalue weighted by Crippen LogP contribution is 2.11. The molecule has 1 heterocycles. The van der Waals surface area contributed by atoms with Crippen molar-refractivity contribution in [1.29, 1.82) is 0 Å². The molecule has 0 atom stereocenters. The van der Waals surface area contributed by atoms with Gasteiger partial charge in [0.05, 0.1) is 11.9 Å². The Hall–Kier alpha value is -2.31. The van der Waals surface area contributed by atoms with Gasteiger partial charge in [-0.15, -0.1) is 0 Å². The van der Waals surface area contributed by atoms with Crippen molar-refractivity contribution in [3.8, 4) is 5.88 Å². The first kappa shape index (κ1) is 16.7. The largest absolute Gasteiger partial charge is 0.468 e. The molecule has 0 aliphatic heterocycles. The summed E-state index contributed by atoms with van der Waals surface area (Å²) in [6, 6.07) is 2.99. The van der Waals surface area contributed by atoms with E-state index in [2.05, 4.69) is 15.6 Å². The third kappa shape index (κ3) is 5.68. The topological polar surface area (TPSA) is 83.6 Å². The van der Waals surface area contributed by atoms with Crippen LogP contribution in [0.2, 0.25) is 0 Å². The van der Waals surface area contributed by atoms with Crippen LogP contribution in [0.25, 0.3) is 0 Å². The maximum atomic E-state index is 11.8. The molecule has 0 radical (unpaired) electrons. The number of ether oxygens (including phenoxy) is 1. The van der Waals surface area contributed by atoms with Crippen LogP contribution in [-0.4, -0.2) is 48.1 Å². The van der Waals surface area contributed by atoms with Crippen molar-refractivity contribution in [2.75, 3.05) is 31.6 Å². The van der Waals surface area contributed by atoms with Gasteiger partial charge in [-0.1, -0.05) is 0 Å². The van der Waals surface area contributed by atoms with Crippen LogP contribution in [0, 0.1) is 0 Å². The molecule has 0 unspecified atom stereocenters. The predicted octanol–water partition coefficient (Wildman–Crippen LogP) is 1.47. The van der Waals surface area contributed by atoms with Gasteiger partial charge < -0.3 is 20.3 Å². The molecular weight excluding hydrogens is 272 g/mol. The molecule has 1 aromatic rings. The van der Waals surface area contributed by atoms with Gasteiger partial charge in [-0.3, -0.25) is 4.79 Å². The van der Waals surface area contributed by atoms with Crippen LogP contribution >= 0.6 is 0 Å². The van der Waals surface area contributed by atoms with Crippen LogP contribution in [0.15, 0.2) is 18.3 Å². The van der Waals surface area contributed by atoms with Crippen LogP contribution in [0.3, 0.4) is 0 Å². The maximum Gasteiger partial charge on any atom is 0.319 e. The Morgan fingerprint density at radius 3 is 2.48 bits per heavy atom. The number of nitrogens with one attached hydrogen (secondary N) is 2. The van der Waals surface area contributed by atoms with Gasteiger partial charge in [-0.2, -0.15) is 0 Å². The van der Waals surface area contributed by atoms with Crippen LogP contribution < -0.4 is 15.4 Å². The lowest BCUT2D eigenvalue weighted by Gasteiger charge is -2.18. The maximum absolute atomic E-state index is 11.8. The van der Waals surface area contributed by atoms with E-state index in [1.54, 1.807) is 17.0 Å². The quantitative estimate of drug-likeness (QED) is 0.797. The monoisotopic (exact) mass is 294 g/mol. The van der Waals surface area contributed by atoms with Gasteiger partial charge in [0.15, 0.2) is 6.61 Å². The fraction of sp³-hybridized carbons (Fsp3) is 0.500. The van der Waals surface area contributed by atoms with E-state index >= 15 is 0 Å². The van der Waals surface area contributed by atoms with Gasteiger partial charge in [0.1, 0.15) is 0 Å². The molecule has 0 saturated heterocycles. The van der Waals surface area contributed by atoms with Gasteiger partial charge in [0.25, 0.3) is 5.91 Å². The van der Waals surface area contributed by atoms with Gasteiger partial charge in [0.2, 0.25) is 5.88 Å². The number of pyridine rings is 1. The number of carbonyl (C=O) groups is 2. The number of hydrogen-bond donors (Lipinski definition) is 2. The number of carbonyl (C=O) groups excluding carboxylic acids is 2. The van der Waals surface area contributed by atoms with E-state index < -0.39 is 0 Å². The molecule has 0 bridgehead atoms. The summed E-state index contributed by atoms with van der Waals surface area (Å²) in [5.41, 5.74) is 0.559. The summed E-state index contributed by atoms with van der Waals surface area (Å²) in [4.78, 5) is 28.8. The second kappa shape index (κ2) is 8.78. The minimum atomic E-state index is -0.287. The number of likely N-dealkylation sites (N-methyl/N-ethyl adjacent to an activating group) is 1. The van der Waals surface area contributed by atoms with Gasteiger partial charge in [-0.25, -0.2) is 9.78 Å². The zero-order valence-corrected chi connectivity index (χ0v) is 12.7. The highest BCUT2D eigenvalue weighted by molar-refractivity contribution is 5.88. The molecule has 7 nitrogen and oxygen atoms in total. The third-order valence-corrected chi connectivity index (χ3v) is 2.79. The van der Waals surface area contributed by atoms with E-state index in [1.165, 1.54) is 6.20 Å². The lowest BCUT2D eigenvalue weighted by Crippen LogP contribution is -2.34. The van der Waals surface area contributed by atoms with E-state index in [0.29, 0.717) is 31.2 Å². The Balaban J connectivity index is 2.47. The van der Waals surface area contributed by atoms with Crippen molar-refractivity contribution in [3.63, 3.8) is 0 Å². The summed E-state index contributed by atoms with van der Waals surface area (Å²) < 4.78 is 5.33. The summed E-state index contributed by atoms with van der Waals surface area (Å²) in [7, 11) is 0. The molecule has 0 spiro atoms. The van der Waals surface area contributed by atoms with Crippen LogP contribution in [-0.2, 0) is 4.79 Å². The molecule has 0 aromatic carbocycles. The highest BCUT2D eigenvalue weighted by Gasteiger charge is 2.10. The van der Waals surface area contributed by atoms with Crippen molar-refractivity contribution in [2.45, 2.75) is 20.8 Å². The van der Waals surface area contributed by atoms with Crippen LogP contribution in [0.1, 0.15) is 20.8 Å². The Labute approximate surface area is 124 Å². The first-order valence-corrected chi connectivity index (χ1v) is 7.02. The number of anilines is 1. The van der Waals surface area contributed by atoms with Crippen molar-refractivity contribution >= 4 is 17.6 Å². The number of hydrogen-bond acceptors (Lipinski definition) is 4. The van der Waals surface area contributed by atoms with Gasteiger partial charge in [-0.05, 0) is 26.8 Å². The molecule has 1 rings (SSSR count). The first-order chi connectivity index (χ1) is 10.1. The number of nitrogens with zero attached hydrogens (tertiary/aromatic N) is 2. The van der Waals surface area contributed by atoms with E-state index in [1.807, 2.05) is 20.8 Å². The molecule has 0 fully saturated rings. The van der Waals surface area contributed by atoms with E-state index in [-0.39, 0.29) is 18.5 Å². The minimum Gasteiger partial charge on any atom is -0.468 e. The Bertz CT molecular complexity index is 458. The normalized spacial score (nSPS) is 9.86. The molecule has 116 valence electrons. The molecule has 0 aliphatic rings. The summed E-state index contributed by atoms with van der Waals surface area (Å²) in [6.07, 6.45) is 1.48. The fourth-order valence-electron chi connectivity index (χ4n) is 1.68. The molecule has 0 saturated carbocycles. The number of aromatic nitrogens is 1. The summed E-state index contributed by atoms with van der Waals surface area (Å²) >= 11 is 0. The standard InChI is InChI=1S/C14H22N4O3/c1-4-15-14(20)17-11-7-8-12(16-9-11)21-10-13(19)18(5-2)6-3/h7-9H,4-6,10H2,1-3H3,(H2,15,17,20). The smallest absolute Gasteiger partial charge is 0.319 e. The molecule has 2 N–H and O–H groups in total. The predicted molar refractivity (Wildman–Crippen MR) is 80.4 cm³/mol. The lowest BCUT2D eigenvalue weighted by atomic mass is 10.4. The average molecular weight is 294 g/mol. The number of urea groups is 1. The van der Waals surface area contributed by atoms with E-state index in [9.17, 15) is 9.59 Å². The molecule has 1 aromatic heterocycles. The first-order valence-electron chi connectivity index (χ1n) is 7.02. The summed E-state index contributed by atoms with van der Waals surface area (Å²) in [5.74, 6) is 0.267. The van der Waals surface area contributed by atoms with Gasteiger partial charge >= 0.3 is 6.03 Å². The zero-order valence-electron chi connectivity index (χ0n) is 12.7. The third-order valence-electron chi connectivity index (χ3n) is 2.79. The van der Waals surface area contributed by atoms with Crippen molar-refractivity contribution < 1.29 is 14.3 Å². The Morgan fingerprint density at radius 2 is 1.95 bits per heavy atom. The second-order valence-electron chi connectivity index (χ2n) is 4.22. The highest BCUT2D eigenvalue weighted by atomic mass is 16.5. The van der Waals surface area contributed by atoms with Crippen LogP contribution in [0.4, 0.5) is 10.5 Å². The summed E-state index contributed by atoms with van der Waals surface area (Å²) in [6.45, 7) is 7.49. The molecule has 7 heteroatoms. The lowest BCUT2D eigenvalue weighted by molar-refractivity contribution is -0.133. The summed E-state index contributed by atoms with van der Waals surface area (Å²) in [5, 5.41) is 5.24. The molecule has 21 heavy (non-hydrogen) atoms. The zero-order chi connectivity index (χ0) is 15.7. The van der Waals surface area contributed by atoms with Crippen molar-refractivity contribution in [2.24, 2.45) is 0 Å². The van der Waals surface area contributed by atoms with Gasteiger partial charge in [0, 0.05) is 25.7 Å². The fourth-order valence-corrected chi connectivity index (χ4v) is 1.68. The molecule has 3 amide bonds. The molecule has 0 aliphatic carbocycles. The van der Waals surface area contributed by atoms with Crippen LogP contribution in [0.5, 0.6) is 5.88 Å². The number of rotatable bonds is 7. The average Bonchev–Trinajstić information content (AvgIpc) is 2.48. The van der Waals surface area contributed by atoms with E-state index in [0.717, 1.165) is 0 Å². The Morgan fingerprint density at radius 1 is 1.24 bits per heavy atom. The van der Waals surface area contributed by atoms with Crippen molar-refractivity contribution in [3.05, 3.63) is 18.3 Å². The Kier molecular flexibility index (Phi) is 7.00. The SMILES string of the molecule is CCNC(=O)Nc1ccc(OCC(=O)N(CC)CC)nc1. The minimum absolute atomic E-state index is 0.0439. The molecular formula is C14H22N4O3. The number of amides is 3. The van der Waals surface area contributed by atoms with E-state index in [4.69, 9.17) is 4.74 Å². The van der Waals surface area contributed by atoms with Crippen molar-refractivity contribution in [1.82, 2.24) is 15.2 Å². The second-order valence-corrected chi connectivity index (χ2v) is 4.22.